The smallest absolute Gasteiger partial charge is 0.0726 e. The number of nitrogens with zero attached hydrogens (tertiary/aromatic N) is 1. The van der Waals surface area contributed by atoms with Crippen LogP contribution < -0.4 is 4.90 Å². The first-order valence-electron chi connectivity index (χ1n) is 19.4. The third-order valence-corrected chi connectivity index (χ3v) is 11.9. The lowest BCUT2D eigenvalue weighted by atomic mass is 9.70. The number of fused-ring (bicyclic) bond motifs is 10. The van der Waals surface area contributed by atoms with Gasteiger partial charge in [-0.1, -0.05) is 188 Å². The van der Waals surface area contributed by atoms with E-state index in [9.17, 15) is 0 Å². The molecule has 0 fully saturated rings. The molecule has 0 unspecified atom stereocenters. The van der Waals surface area contributed by atoms with Crippen molar-refractivity contribution in [2.75, 3.05) is 4.90 Å². The minimum absolute atomic E-state index is 0.438. The Balaban J connectivity index is 1.20. The van der Waals surface area contributed by atoms with Gasteiger partial charge in [-0.3, -0.25) is 0 Å². The van der Waals surface area contributed by atoms with Gasteiger partial charge in [0.25, 0.3) is 0 Å². The molecule has 0 radical (unpaired) electrons. The third-order valence-electron chi connectivity index (χ3n) is 11.9. The summed E-state index contributed by atoms with van der Waals surface area (Å²) < 4.78 is 0. The first-order chi connectivity index (χ1) is 27.8. The van der Waals surface area contributed by atoms with Gasteiger partial charge < -0.3 is 4.90 Å². The van der Waals surface area contributed by atoms with Crippen LogP contribution in [0.25, 0.3) is 55.6 Å². The Kier molecular flexibility index (Phi) is 7.47. The number of anilines is 3. The number of hydrogen-bond donors (Lipinski definition) is 0. The molecule has 2 aliphatic rings. The van der Waals surface area contributed by atoms with Crippen molar-refractivity contribution in [2.45, 2.75) is 5.41 Å². The van der Waals surface area contributed by atoms with Crippen molar-refractivity contribution >= 4 is 17.1 Å². The highest BCUT2D eigenvalue weighted by atomic mass is 15.1. The summed E-state index contributed by atoms with van der Waals surface area (Å²) >= 11 is 0. The van der Waals surface area contributed by atoms with E-state index in [4.69, 9.17) is 0 Å². The van der Waals surface area contributed by atoms with Crippen molar-refractivity contribution in [1.29, 1.82) is 0 Å². The van der Waals surface area contributed by atoms with E-state index in [-0.39, 0.29) is 0 Å². The van der Waals surface area contributed by atoms with Crippen molar-refractivity contribution in [3.63, 3.8) is 0 Å². The Bertz CT molecular complexity index is 2850. The van der Waals surface area contributed by atoms with E-state index in [2.05, 4.69) is 229 Å². The third kappa shape index (κ3) is 4.88. The molecule has 0 saturated carbocycles. The van der Waals surface area contributed by atoms with E-state index < -0.39 is 5.41 Å². The van der Waals surface area contributed by atoms with E-state index in [1.807, 2.05) is 0 Å². The first kappa shape index (κ1) is 32.2. The van der Waals surface area contributed by atoms with Gasteiger partial charge in [0.05, 0.1) is 11.1 Å². The topological polar surface area (TPSA) is 3.24 Å². The monoisotopic (exact) mass is 711 g/mol. The van der Waals surface area contributed by atoms with Crippen molar-refractivity contribution in [3.05, 3.63) is 247 Å². The maximum Gasteiger partial charge on any atom is 0.0726 e. The first-order valence-corrected chi connectivity index (χ1v) is 19.4. The molecule has 0 atom stereocenters. The van der Waals surface area contributed by atoms with Crippen LogP contribution in [-0.4, -0.2) is 0 Å². The lowest BCUT2D eigenvalue weighted by molar-refractivity contribution is 0.793. The molecule has 11 rings (SSSR count). The van der Waals surface area contributed by atoms with Crippen LogP contribution in [0.3, 0.4) is 0 Å². The molecule has 0 heterocycles. The molecule has 0 bridgehead atoms. The Morgan fingerprint density at radius 3 is 1.27 bits per heavy atom. The van der Waals surface area contributed by atoms with E-state index >= 15 is 0 Å². The molecule has 0 N–H and O–H groups in total. The lowest BCUT2D eigenvalue weighted by Gasteiger charge is -2.33. The second-order valence-electron chi connectivity index (χ2n) is 14.8. The summed E-state index contributed by atoms with van der Waals surface area (Å²) in [5.41, 5.74) is 20.6. The fourth-order valence-electron chi connectivity index (χ4n) is 9.49. The summed E-state index contributed by atoms with van der Waals surface area (Å²) in [5, 5.41) is 0. The van der Waals surface area contributed by atoms with Crippen LogP contribution in [0, 0.1) is 0 Å². The molecular weight excluding hydrogens is 675 g/mol. The average molecular weight is 712 g/mol. The van der Waals surface area contributed by atoms with Crippen LogP contribution in [0.5, 0.6) is 0 Å². The van der Waals surface area contributed by atoms with Crippen molar-refractivity contribution in [3.8, 4) is 55.6 Å². The molecule has 56 heavy (non-hydrogen) atoms. The summed E-state index contributed by atoms with van der Waals surface area (Å²) in [6.45, 7) is 0. The zero-order chi connectivity index (χ0) is 37.1. The van der Waals surface area contributed by atoms with Crippen LogP contribution in [0.2, 0.25) is 0 Å². The van der Waals surface area contributed by atoms with Crippen molar-refractivity contribution in [2.24, 2.45) is 0 Å². The highest BCUT2D eigenvalue weighted by Crippen LogP contribution is 2.63. The van der Waals surface area contributed by atoms with Gasteiger partial charge in [0.1, 0.15) is 0 Å². The highest BCUT2D eigenvalue weighted by Gasteiger charge is 2.51. The molecular formula is C55H37N. The molecule has 0 amide bonds. The molecule has 1 nitrogen and oxygen atoms in total. The minimum Gasteiger partial charge on any atom is -0.310 e. The number of rotatable bonds is 6. The maximum absolute atomic E-state index is 2.49. The Hall–Kier alpha value is -7.22. The van der Waals surface area contributed by atoms with Crippen LogP contribution in [-0.2, 0) is 5.41 Å². The van der Waals surface area contributed by atoms with Gasteiger partial charge in [0, 0.05) is 16.9 Å². The Morgan fingerprint density at radius 2 is 0.696 bits per heavy atom. The SMILES string of the molecule is c1ccc(-c2cccc(N(c3ccc4c(c3)C3(c5ccccc5-c5ccccc53)c3ccccc3-4)c3ccc(-c4ccccc4)cc3-c3ccccc3)c2)cc1. The average Bonchev–Trinajstić information content (AvgIpc) is 3.75. The van der Waals surface area contributed by atoms with Gasteiger partial charge in [-0.25, -0.2) is 0 Å². The van der Waals surface area contributed by atoms with E-state index in [1.54, 1.807) is 0 Å². The zero-order valence-electron chi connectivity index (χ0n) is 30.8. The number of benzene rings is 9. The molecule has 262 valence electrons. The normalized spacial score (nSPS) is 12.8. The highest BCUT2D eigenvalue weighted by molar-refractivity contribution is 5.97. The summed E-state index contributed by atoms with van der Waals surface area (Å²) in [5.74, 6) is 0. The summed E-state index contributed by atoms with van der Waals surface area (Å²) in [4.78, 5) is 2.48. The molecule has 2 aliphatic carbocycles. The summed E-state index contributed by atoms with van der Waals surface area (Å²) in [7, 11) is 0. The van der Waals surface area contributed by atoms with Gasteiger partial charge in [-0.15, -0.1) is 0 Å². The number of hydrogen-bond acceptors (Lipinski definition) is 1. The van der Waals surface area contributed by atoms with E-state index in [1.165, 1.54) is 77.9 Å². The summed E-state index contributed by atoms with van der Waals surface area (Å²) in [6, 6.07) is 82.5. The standard InChI is InChI=1S/C55H37N/c1-4-17-38(18-5-1)41-23-16-24-43(35-41)56(54-34-31-42(39-19-6-2-7-20-39)36-49(54)40-21-8-3-9-22-40)44-32-33-48-47-27-12-15-30-52(47)55(53(48)37-44)50-28-13-10-25-45(50)46-26-11-14-29-51(46)55/h1-37H. The lowest BCUT2D eigenvalue weighted by Crippen LogP contribution is -2.26. The second kappa shape index (κ2) is 13.0. The van der Waals surface area contributed by atoms with Crippen LogP contribution in [0.15, 0.2) is 224 Å². The van der Waals surface area contributed by atoms with Gasteiger partial charge in [-0.05, 0) is 109 Å². The molecule has 9 aromatic carbocycles. The van der Waals surface area contributed by atoms with Gasteiger partial charge in [0.15, 0.2) is 0 Å². The molecule has 1 spiro atoms. The maximum atomic E-state index is 2.49. The van der Waals surface area contributed by atoms with E-state index in [0.29, 0.717) is 0 Å². The van der Waals surface area contributed by atoms with Gasteiger partial charge in [0.2, 0.25) is 0 Å². The molecule has 9 aromatic rings. The Morgan fingerprint density at radius 1 is 0.250 bits per heavy atom. The zero-order valence-corrected chi connectivity index (χ0v) is 30.8. The summed E-state index contributed by atoms with van der Waals surface area (Å²) in [6.07, 6.45) is 0. The largest absolute Gasteiger partial charge is 0.310 e. The second-order valence-corrected chi connectivity index (χ2v) is 14.8. The fraction of sp³-hybridized carbons (Fsp3) is 0.0182. The predicted octanol–water partition coefficient (Wildman–Crippen LogP) is 14.5. The quantitative estimate of drug-likeness (QED) is 0.166. The molecule has 0 saturated heterocycles. The van der Waals surface area contributed by atoms with Crippen molar-refractivity contribution in [1.82, 2.24) is 0 Å². The van der Waals surface area contributed by atoms with Gasteiger partial charge >= 0.3 is 0 Å². The molecule has 1 heteroatoms. The fourth-order valence-corrected chi connectivity index (χ4v) is 9.49. The van der Waals surface area contributed by atoms with Crippen LogP contribution in [0.4, 0.5) is 17.1 Å². The molecule has 0 aliphatic heterocycles. The van der Waals surface area contributed by atoms with E-state index in [0.717, 1.165) is 17.1 Å². The van der Waals surface area contributed by atoms with Crippen LogP contribution >= 0.6 is 0 Å². The molecule has 0 aromatic heterocycles. The van der Waals surface area contributed by atoms with Crippen LogP contribution in [0.1, 0.15) is 22.3 Å². The Labute approximate surface area is 328 Å². The minimum atomic E-state index is -0.438. The predicted molar refractivity (Wildman–Crippen MR) is 234 cm³/mol. The van der Waals surface area contributed by atoms with Gasteiger partial charge in [-0.2, -0.15) is 0 Å². The van der Waals surface area contributed by atoms with Crippen molar-refractivity contribution < 1.29 is 0 Å².